The van der Waals surface area contributed by atoms with Crippen LogP contribution in [0.25, 0.3) is 0 Å². The predicted molar refractivity (Wildman–Crippen MR) is 127 cm³/mol. The Hall–Kier alpha value is -1.39. The molecule has 1 saturated heterocycles. The van der Waals surface area contributed by atoms with E-state index in [-0.39, 0.29) is 36.4 Å². The summed E-state index contributed by atoms with van der Waals surface area (Å²) in [6.07, 6.45) is 1.06. The molecule has 1 fully saturated rings. The third-order valence-electron chi connectivity index (χ3n) is 4.59. The minimum absolute atomic E-state index is 0. The van der Waals surface area contributed by atoms with Gasteiger partial charge in [0.05, 0.1) is 19.8 Å². The third kappa shape index (κ3) is 10.8. The number of aliphatic imine (C=N–C) groups is 1. The van der Waals surface area contributed by atoms with Gasteiger partial charge >= 0.3 is 0 Å². The zero-order valence-corrected chi connectivity index (χ0v) is 20.1. The largest absolute Gasteiger partial charge is 0.381 e. The van der Waals surface area contributed by atoms with Crippen LogP contribution >= 0.6 is 24.0 Å². The molecule has 0 aromatic heterocycles. The lowest BCUT2D eigenvalue weighted by Crippen LogP contribution is -2.43. The number of nitrogens with one attached hydrogen (secondary N) is 2. The first-order valence-corrected chi connectivity index (χ1v) is 9.96. The Morgan fingerprint density at radius 3 is 2.72 bits per heavy atom. The van der Waals surface area contributed by atoms with Gasteiger partial charge in [0.15, 0.2) is 5.96 Å². The minimum Gasteiger partial charge on any atom is -0.381 e. The van der Waals surface area contributed by atoms with Gasteiger partial charge in [0.1, 0.15) is 6.54 Å². The molecule has 29 heavy (non-hydrogen) atoms. The van der Waals surface area contributed by atoms with E-state index in [9.17, 15) is 4.79 Å². The lowest BCUT2D eigenvalue weighted by molar-refractivity contribution is -0.127. The maximum absolute atomic E-state index is 11.8. The molecule has 0 aliphatic carbocycles. The van der Waals surface area contributed by atoms with Gasteiger partial charge < -0.3 is 25.0 Å². The van der Waals surface area contributed by atoms with E-state index in [1.165, 1.54) is 5.56 Å². The molecular formula is C21H35IN4O3. The Bertz CT molecular complexity index is 607. The Balaban J connectivity index is 0.00000420. The summed E-state index contributed by atoms with van der Waals surface area (Å²) in [6, 6.07) is 10.2. The highest BCUT2D eigenvalue weighted by molar-refractivity contribution is 14.0. The number of carbonyl (C=O) groups is 1. The van der Waals surface area contributed by atoms with Crippen LogP contribution in [-0.2, 0) is 20.9 Å². The summed E-state index contributed by atoms with van der Waals surface area (Å²) >= 11 is 0. The van der Waals surface area contributed by atoms with Crippen molar-refractivity contribution in [1.82, 2.24) is 15.5 Å². The van der Waals surface area contributed by atoms with Crippen molar-refractivity contribution >= 4 is 35.8 Å². The molecule has 2 N–H and O–H groups in total. The van der Waals surface area contributed by atoms with Crippen molar-refractivity contribution in [1.29, 1.82) is 0 Å². The smallest absolute Gasteiger partial charge is 0.243 e. The summed E-state index contributed by atoms with van der Waals surface area (Å²) in [5.74, 6) is 1.44. The molecule has 7 nitrogen and oxygen atoms in total. The van der Waals surface area contributed by atoms with E-state index in [0.29, 0.717) is 31.0 Å². The lowest BCUT2D eigenvalue weighted by atomic mass is 10.1. The van der Waals surface area contributed by atoms with Crippen molar-refractivity contribution in [2.24, 2.45) is 16.8 Å². The molecule has 2 rings (SSSR count). The lowest BCUT2D eigenvalue weighted by Gasteiger charge is -2.18. The van der Waals surface area contributed by atoms with E-state index < -0.39 is 0 Å². The van der Waals surface area contributed by atoms with Crippen LogP contribution in [0.1, 0.15) is 18.9 Å². The standard InChI is InChI=1S/C21H34N4O3.HI/c1-17(14-28-15-18-7-5-4-6-8-18)11-22-21(24-13-20(26)25(2)3)23-12-19-9-10-27-16-19;/h4-8,17,19H,9-16H2,1-3H3,(H2,22,23,24);1H. The van der Waals surface area contributed by atoms with Crippen LogP contribution < -0.4 is 10.6 Å². The Morgan fingerprint density at radius 1 is 1.31 bits per heavy atom. The number of guanidine groups is 1. The molecule has 0 saturated carbocycles. The van der Waals surface area contributed by atoms with E-state index in [0.717, 1.165) is 32.7 Å². The predicted octanol–water partition coefficient (Wildman–Crippen LogP) is 2.12. The van der Waals surface area contributed by atoms with E-state index in [1.807, 2.05) is 18.2 Å². The molecule has 1 aromatic rings. The van der Waals surface area contributed by atoms with Gasteiger partial charge in [0.2, 0.25) is 5.91 Å². The van der Waals surface area contributed by atoms with Crippen LogP contribution in [0.2, 0.25) is 0 Å². The molecule has 1 heterocycles. The van der Waals surface area contributed by atoms with Gasteiger partial charge in [-0.05, 0) is 17.9 Å². The molecule has 1 aliphatic rings. The van der Waals surface area contributed by atoms with Gasteiger partial charge in [0, 0.05) is 39.7 Å². The number of carbonyl (C=O) groups excluding carboxylic acids is 1. The van der Waals surface area contributed by atoms with Crippen LogP contribution in [0.3, 0.4) is 0 Å². The highest BCUT2D eigenvalue weighted by atomic mass is 127. The molecule has 1 amide bonds. The van der Waals surface area contributed by atoms with Crippen molar-refractivity contribution in [2.45, 2.75) is 20.0 Å². The molecule has 1 aliphatic heterocycles. The second-order valence-corrected chi connectivity index (χ2v) is 7.55. The number of ether oxygens (including phenoxy) is 2. The van der Waals surface area contributed by atoms with Gasteiger partial charge in [-0.1, -0.05) is 37.3 Å². The number of amides is 1. The van der Waals surface area contributed by atoms with Crippen LogP contribution in [0.5, 0.6) is 0 Å². The summed E-state index contributed by atoms with van der Waals surface area (Å²) < 4.78 is 11.2. The Kier molecular flexibility index (Phi) is 12.9. The number of benzene rings is 1. The first-order chi connectivity index (χ1) is 13.5. The first-order valence-electron chi connectivity index (χ1n) is 9.96. The third-order valence-corrected chi connectivity index (χ3v) is 4.59. The number of nitrogens with zero attached hydrogens (tertiary/aromatic N) is 2. The van der Waals surface area contributed by atoms with Crippen molar-refractivity contribution in [2.75, 3.05) is 53.6 Å². The van der Waals surface area contributed by atoms with Crippen molar-refractivity contribution in [3.8, 4) is 0 Å². The van der Waals surface area contributed by atoms with Gasteiger partial charge in [-0.2, -0.15) is 0 Å². The number of rotatable bonds is 10. The van der Waals surface area contributed by atoms with E-state index in [4.69, 9.17) is 9.47 Å². The second kappa shape index (κ2) is 14.6. The SMILES string of the molecule is CC(CNC(=NCC(=O)N(C)C)NCC1CCOC1)COCc1ccccc1.I. The Morgan fingerprint density at radius 2 is 2.07 bits per heavy atom. The molecule has 164 valence electrons. The van der Waals surface area contributed by atoms with E-state index in [2.05, 4.69) is 34.7 Å². The molecule has 0 radical (unpaired) electrons. The summed E-state index contributed by atoms with van der Waals surface area (Å²) in [5.41, 5.74) is 1.17. The zero-order valence-electron chi connectivity index (χ0n) is 17.7. The first kappa shape index (κ1) is 25.6. The average molecular weight is 518 g/mol. The monoisotopic (exact) mass is 518 g/mol. The summed E-state index contributed by atoms with van der Waals surface area (Å²) in [5, 5.41) is 6.67. The minimum atomic E-state index is -0.0236. The Labute approximate surface area is 191 Å². The summed E-state index contributed by atoms with van der Waals surface area (Å²) in [7, 11) is 3.47. The molecule has 2 unspecified atom stereocenters. The van der Waals surface area contributed by atoms with Crippen LogP contribution in [0.4, 0.5) is 0 Å². The quantitative estimate of drug-likeness (QED) is 0.282. The topological polar surface area (TPSA) is 75.2 Å². The fraction of sp³-hybridized carbons (Fsp3) is 0.619. The molecular weight excluding hydrogens is 483 g/mol. The van der Waals surface area contributed by atoms with Crippen LogP contribution in [0.15, 0.2) is 35.3 Å². The van der Waals surface area contributed by atoms with Crippen LogP contribution in [-0.4, -0.2) is 70.3 Å². The molecule has 1 aromatic carbocycles. The maximum atomic E-state index is 11.8. The fourth-order valence-electron chi connectivity index (χ4n) is 2.73. The van der Waals surface area contributed by atoms with Crippen molar-refractivity contribution in [3.05, 3.63) is 35.9 Å². The molecule has 0 bridgehead atoms. The molecule has 2 atom stereocenters. The number of hydrogen-bond donors (Lipinski definition) is 2. The van der Waals surface area contributed by atoms with Gasteiger partial charge in [0.25, 0.3) is 0 Å². The van der Waals surface area contributed by atoms with E-state index in [1.54, 1.807) is 19.0 Å². The number of hydrogen-bond acceptors (Lipinski definition) is 4. The summed E-state index contributed by atoms with van der Waals surface area (Å²) in [6.45, 7) is 6.64. The average Bonchev–Trinajstić information content (AvgIpc) is 3.21. The summed E-state index contributed by atoms with van der Waals surface area (Å²) in [4.78, 5) is 17.8. The maximum Gasteiger partial charge on any atom is 0.243 e. The van der Waals surface area contributed by atoms with Gasteiger partial charge in [-0.25, -0.2) is 4.99 Å². The highest BCUT2D eigenvalue weighted by Gasteiger charge is 2.16. The highest BCUT2D eigenvalue weighted by Crippen LogP contribution is 2.10. The van der Waals surface area contributed by atoms with Crippen LogP contribution in [0, 0.1) is 11.8 Å². The van der Waals surface area contributed by atoms with Crippen molar-refractivity contribution in [3.63, 3.8) is 0 Å². The van der Waals surface area contributed by atoms with Gasteiger partial charge in [-0.15, -0.1) is 24.0 Å². The number of halogens is 1. The fourth-order valence-corrected chi connectivity index (χ4v) is 2.73. The molecule has 8 heteroatoms. The van der Waals surface area contributed by atoms with Gasteiger partial charge in [-0.3, -0.25) is 4.79 Å². The van der Waals surface area contributed by atoms with Crippen molar-refractivity contribution < 1.29 is 14.3 Å². The number of likely N-dealkylation sites (N-methyl/N-ethyl adjacent to an activating group) is 1. The zero-order chi connectivity index (χ0) is 20.2. The normalized spacial score (nSPS) is 17.3. The second-order valence-electron chi connectivity index (χ2n) is 7.55. The molecule has 0 spiro atoms. The van der Waals surface area contributed by atoms with E-state index >= 15 is 0 Å².